The fourth-order valence-electron chi connectivity index (χ4n) is 1.39. The van der Waals surface area contributed by atoms with Gasteiger partial charge in [-0.15, -0.1) is 0 Å². The maximum absolute atomic E-state index is 9.63. The van der Waals surface area contributed by atoms with Crippen LogP contribution in [0.3, 0.4) is 0 Å². The van der Waals surface area contributed by atoms with Gasteiger partial charge >= 0.3 is 0 Å². The van der Waals surface area contributed by atoms with E-state index in [4.69, 9.17) is 23.4 Å². The number of rotatable bonds is 2. The van der Waals surface area contributed by atoms with Gasteiger partial charge in [-0.25, -0.2) is 0 Å². The lowest BCUT2D eigenvalue weighted by molar-refractivity contribution is -0.00751. The van der Waals surface area contributed by atoms with Crippen molar-refractivity contribution in [3.63, 3.8) is 0 Å². The van der Waals surface area contributed by atoms with Crippen LogP contribution < -0.4 is 5.73 Å². The van der Waals surface area contributed by atoms with E-state index >= 15 is 0 Å². The highest BCUT2D eigenvalue weighted by atomic mass is 16.5. The van der Waals surface area contributed by atoms with E-state index in [-0.39, 0.29) is 13.2 Å². The number of aliphatic hydroxyl groups excluding tert-OH is 2. The summed E-state index contributed by atoms with van der Waals surface area (Å²) in [6.07, 6.45) is -1.39. The molecule has 0 aromatic rings. The number of hydrogen-bond donors (Lipinski definition) is 3. The molecule has 2 radical (unpaired) electrons. The minimum absolute atomic E-state index is 0.232. The van der Waals surface area contributed by atoms with E-state index < -0.39 is 23.6 Å². The third-order valence-corrected chi connectivity index (χ3v) is 2.62. The Hall–Kier alpha value is -0.0951. The van der Waals surface area contributed by atoms with Crippen LogP contribution in [0.5, 0.6) is 0 Å². The number of ether oxygens (including phenoxy) is 1. The molecule has 4 atom stereocenters. The molecular formula is C7H14BNO3. The van der Waals surface area contributed by atoms with E-state index in [9.17, 15) is 5.11 Å². The van der Waals surface area contributed by atoms with E-state index in [0.717, 1.165) is 0 Å². The summed E-state index contributed by atoms with van der Waals surface area (Å²) in [7, 11) is 5.61. The topological polar surface area (TPSA) is 75.7 Å². The minimum atomic E-state index is -0.789. The normalized spacial score (nSPS) is 48.2. The summed E-state index contributed by atoms with van der Waals surface area (Å²) in [5.74, 6) is 0. The van der Waals surface area contributed by atoms with Crippen LogP contribution >= 0.6 is 0 Å². The van der Waals surface area contributed by atoms with Crippen molar-refractivity contribution in [1.82, 2.24) is 0 Å². The molecule has 0 saturated carbocycles. The Morgan fingerprint density at radius 2 is 2.25 bits per heavy atom. The molecule has 12 heavy (non-hydrogen) atoms. The van der Waals surface area contributed by atoms with E-state index in [1.807, 2.05) is 0 Å². The van der Waals surface area contributed by atoms with Gasteiger partial charge in [0.2, 0.25) is 0 Å². The summed E-state index contributed by atoms with van der Waals surface area (Å²) < 4.78 is 5.13. The van der Waals surface area contributed by atoms with Crippen molar-refractivity contribution in [3.8, 4) is 0 Å². The molecular weight excluding hydrogens is 157 g/mol. The van der Waals surface area contributed by atoms with Gasteiger partial charge in [0.05, 0.1) is 12.7 Å². The van der Waals surface area contributed by atoms with E-state index in [2.05, 4.69) is 0 Å². The number of hydrogen-bond acceptors (Lipinski definition) is 4. The Morgan fingerprint density at radius 1 is 1.67 bits per heavy atom. The van der Waals surface area contributed by atoms with Crippen molar-refractivity contribution in [2.75, 3.05) is 13.2 Å². The van der Waals surface area contributed by atoms with Crippen molar-refractivity contribution in [1.29, 1.82) is 0 Å². The molecule has 0 aromatic heterocycles. The fraction of sp³-hybridized carbons (Fsp3) is 1.00. The van der Waals surface area contributed by atoms with Gasteiger partial charge in [0.15, 0.2) is 0 Å². The van der Waals surface area contributed by atoms with E-state index in [1.165, 1.54) is 0 Å². The molecule has 1 aliphatic rings. The van der Waals surface area contributed by atoms with Crippen molar-refractivity contribution in [3.05, 3.63) is 0 Å². The Morgan fingerprint density at radius 3 is 2.50 bits per heavy atom. The number of nitrogens with two attached hydrogens (primary N) is 1. The van der Waals surface area contributed by atoms with Crippen LogP contribution in [0.25, 0.3) is 0 Å². The molecule has 1 aliphatic heterocycles. The third kappa shape index (κ3) is 1.27. The Kier molecular flexibility index (Phi) is 2.78. The Bertz CT molecular complexity index is 169. The Labute approximate surface area is 73.1 Å². The van der Waals surface area contributed by atoms with Gasteiger partial charge < -0.3 is 20.7 Å². The summed E-state index contributed by atoms with van der Waals surface area (Å²) in [5.41, 5.74) is 4.82. The first kappa shape index (κ1) is 9.99. The standard InChI is InChI=1S/C7H14BNO3/c1-7(3-9)5(11)4(2-10)12-6(7)8/h4-6,10-11H,2-3,9H2,1H3/t4-,5-,6-,7-/m1/s1. The SMILES string of the molecule is [B][C@@H]1O[C@H](CO)[C@@H](O)[C@@]1(C)CN. The quantitative estimate of drug-likeness (QED) is 0.428. The largest absolute Gasteiger partial charge is 0.394 e. The molecule has 5 heteroatoms. The predicted octanol–water partition coefficient (Wildman–Crippen LogP) is -1.80. The van der Waals surface area contributed by atoms with Crippen LogP contribution in [0.2, 0.25) is 0 Å². The van der Waals surface area contributed by atoms with Crippen LogP contribution in [-0.4, -0.2) is 49.4 Å². The van der Waals surface area contributed by atoms with Gasteiger partial charge in [0.25, 0.3) is 0 Å². The average molecular weight is 171 g/mol. The summed E-state index contributed by atoms with van der Waals surface area (Å²) >= 11 is 0. The molecule has 4 N–H and O–H groups in total. The third-order valence-electron chi connectivity index (χ3n) is 2.62. The monoisotopic (exact) mass is 171 g/mol. The van der Waals surface area contributed by atoms with Gasteiger partial charge in [0, 0.05) is 18.0 Å². The van der Waals surface area contributed by atoms with Gasteiger partial charge in [0.1, 0.15) is 14.0 Å². The van der Waals surface area contributed by atoms with Gasteiger partial charge in [-0.3, -0.25) is 0 Å². The van der Waals surface area contributed by atoms with Gasteiger partial charge in [-0.1, -0.05) is 6.92 Å². The van der Waals surface area contributed by atoms with Crippen LogP contribution in [0, 0.1) is 5.41 Å². The summed E-state index contributed by atoms with van der Waals surface area (Å²) in [6.45, 7) is 1.76. The van der Waals surface area contributed by atoms with E-state index in [0.29, 0.717) is 0 Å². The van der Waals surface area contributed by atoms with Crippen LogP contribution in [-0.2, 0) is 4.74 Å². The van der Waals surface area contributed by atoms with Crippen molar-refractivity contribution in [2.24, 2.45) is 11.1 Å². The lowest BCUT2D eigenvalue weighted by atomic mass is 9.71. The van der Waals surface area contributed by atoms with Crippen LogP contribution in [0.1, 0.15) is 6.92 Å². The zero-order valence-electron chi connectivity index (χ0n) is 7.10. The first-order valence-electron chi connectivity index (χ1n) is 3.96. The van der Waals surface area contributed by atoms with Gasteiger partial charge in [-0.2, -0.15) is 0 Å². The highest BCUT2D eigenvalue weighted by molar-refractivity contribution is 6.11. The highest BCUT2D eigenvalue weighted by Crippen LogP contribution is 2.35. The molecule has 0 aliphatic carbocycles. The maximum Gasteiger partial charge on any atom is 0.109 e. The zero-order chi connectivity index (χ0) is 9.35. The maximum atomic E-state index is 9.63. The molecule has 0 spiro atoms. The summed E-state index contributed by atoms with van der Waals surface area (Å²) in [6, 6.07) is -0.602. The second-order valence-corrected chi connectivity index (χ2v) is 3.43. The summed E-state index contributed by atoms with van der Waals surface area (Å²) in [5, 5.41) is 18.4. The molecule has 0 unspecified atom stereocenters. The second kappa shape index (κ2) is 3.34. The molecule has 68 valence electrons. The molecule has 0 amide bonds. The lowest BCUT2D eigenvalue weighted by Gasteiger charge is -2.29. The molecule has 1 saturated heterocycles. The van der Waals surface area contributed by atoms with Crippen LogP contribution in [0.15, 0.2) is 0 Å². The molecule has 0 bridgehead atoms. The fourth-order valence-corrected chi connectivity index (χ4v) is 1.39. The smallest absolute Gasteiger partial charge is 0.109 e. The molecule has 0 aromatic carbocycles. The summed E-state index contributed by atoms with van der Waals surface area (Å²) in [4.78, 5) is 0. The molecule has 1 heterocycles. The first-order valence-corrected chi connectivity index (χ1v) is 3.96. The van der Waals surface area contributed by atoms with E-state index in [1.54, 1.807) is 6.92 Å². The zero-order valence-corrected chi connectivity index (χ0v) is 7.10. The van der Waals surface area contributed by atoms with Crippen molar-refractivity contribution < 1.29 is 14.9 Å². The molecule has 1 fully saturated rings. The minimum Gasteiger partial charge on any atom is -0.394 e. The molecule has 1 rings (SSSR count). The predicted molar refractivity (Wildman–Crippen MR) is 44.7 cm³/mol. The first-order chi connectivity index (χ1) is 5.56. The lowest BCUT2D eigenvalue weighted by Crippen LogP contribution is -2.45. The Balaban J connectivity index is 2.76. The number of aliphatic hydroxyl groups is 2. The van der Waals surface area contributed by atoms with Gasteiger partial charge in [-0.05, 0) is 0 Å². The second-order valence-electron chi connectivity index (χ2n) is 3.43. The average Bonchev–Trinajstić information content (AvgIpc) is 2.30. The van der Waals surface area contributed by atoms with Crippen LogP contribution in [0.4, 0.5) is 0 Å². The molecule has 4 nitrogen and oxygen atoms in total. The van der Waals surface area contributed by atoms with Crippen molar-refractivity contribution in [2.45, 2.75) is 25.1 Å². The van der Waals surface area contributed by atoms with Crippen molar-refractivity contribution >= 4 is 7.85 Å². The highest BCUT2D eigenvalue weighted by Gasteiger charge is 2.48.